The molecule has 96 valence electrons. The average molecular weight is 252 g/mol. The predicted molar refractivity (Wildman–Crippen MR) is 62.1 cm³/mol. The molecular weight excluding hydrogens is 240 g/mol. The highest BCUT2D eigenvalue weighted by Gasteiger charge is 2.08. The summed E-state index contributed by atoms with van der Waals surface area (Å²) in [5, 5.41) is 12.9. The van der Waals surface area contributed by atoms with Crippen molar-refractivity contribution in [2.45, 2.75) is 6.92 Å². The molecule has 0 aromatic heterocycles. The fraction of sp³-hybridized carbons (Fsp3) is 0.273. The highest BCUT2D eigenvalue weighted by atomic mass is 16.6. The van der Waals surface area contributed by atoms with Gasteiger partial charge < -0.3 is 10.1 Å². The number of rotatable bonds is 5. The highest BCUT2D eigenvalue weighted by Crippen LogP contribution is 2.11. The summed E-state index contributed by atoms with van der Waals surface area (Å²) < 4.78 is 4.64. The lowest BCUT2D eigenvalue weighted by molar-refractivity contribution is -0.384. The zero-order valence-electron chi connectivity index (χ0n) is 9.71. The van der Waals surface area contributed by atoms with Crippen LogP contribution in [0, 0.1) is 10.1 Å². The van der Waals surface area contributed by atoms with Crippen LogP contribution in [0.2, 0.25) is 0 Å². The number of hydrogen-bond acceptors (Lipinski definition) is 5. The average Bonchev–Trinajstić information content (AvgIpc) is 2.34. The van der Waals surface area contributed by atoms with Crippen LogP contribution in [0.1, 0.15) is 17.3 Å². The Morgan fingerprint density at radius 3 is 2.44 bits per heavy atom. The molecule has 7 heteroatoms. The van der Waals surface area contributed by atoms with E-state index in [1.165, 1.54) is 31.2 Å². The van der Waals surface area contributed by atoms with E-state index in [0.717, 1.165) is 0 Å². The number of nitrogens with one attached hydrogen (secondary N) is 1. The first-order valence-electron chi connectivity index (χ1n) is 5.16. The molecule has 0 aliphatic rings. The quantitative estimate of drug-likeness (QED) is 0.363. The molecule has 0 bridgehead atoms. The van der Waals surface area contributed by atoms with Gasteiger partial charge in [-0.2, -0.15) is 0 Å². The number of nitrogens with zero attached hydrogens (tertiary/aromatic N) is 1. The summed E-state index contributed by atoms with van der Waals surface area (Å²) in [6, 6.07) is 5.22. The molecule has 0 saturated heterocycles. The van der Waals surface area contributed by atoms with Crippen LogP contribution in [-0.4, -0.2) is 30.0 Å². The molecule has 0 saturated carbocycles. The van der Waals surface area contributed by atoms with Gasteiger partial charge in [-0.05, 0) is 12.1 Å². The minimum Gasteiger partial charge on any atom is -0.464 e. The first-order valence-corrected chi connectivity index (χ1v) is 5.16. The normalized spacial score (nSPS) is 9.61. The van der Waals surface area contributed by atoms with Gasteiger partial charge in [-0.1, -0.05) is 0 Å². The molecule has 1 aromatic carbocycles. The molecule has 0 atom stereocenters. The third-order valence-corrected chi connectivity index (χ3v) is 2.03. The first kappa shape index (κ1) is 13.6. The number of carbonyl (C=O) groups is 2. The smallest absolute Gasteiger partial charge is 0.302 e. The first-order chi connectivity index (χ1) is 8.50. The molecule has 0 unspecified atom stereocenters. The van der Waals surface area contributed by atoms with E-state index in [1.54, 1.807) is 0 Å². The van der Waals surface area contributed by atoms with E-state index in [1.807, 2.05) is 0 Å². The Morgan fingerprint density at radius 2 is 1.94 bits per heavy atom. The second-order valence-electron chi connectivity index (χ2n) is 3.40. The molecule has 18 heavy (non-hydrogen) atoms. The topological polar surface area (TPSA) is 98.5 Å². The van der Waals surface area contributed by atoms with Crippen LogP contribution in [0.3, 0.4) is 0 Å². The van der Waals surface area contributed by atoms with E-state index < -0.39 is 10.9 Å². The number of amides is 1. The maximum atomic E-state index is 11.5. The monoisotopic (exact) mass is 252 g/mol. The Bertz CT molecular complexity index is 455. The van der Waals surface area contributed by atoms with Crippen LogP contribution >= 0.6 is 0 Å². The van der Waals surface area contributed by atoms with Gasteiger partial charge in [0.1, 0.15) is 6.61 Å². The van der Waals surface area contributed by atoms with Crippen LogP contribution in [0.15, 0.2) is 24.3 Å². The fourth-order valence-corrected chi connectivity index (χ4v) is 1.20. The Hall–Kier alpha value is -2.44. The van der Waals surface area contributed by atoms with Gasteiger partial charge in [0.2, 0.25) is 0 Å². The van der Waals surface area contributed by atoms with E-state index in [2.05, 4.69) is 10.1 Å². The summed E-state index contributed by atoms with van der Waals surface area (Å²) >= 11 is 0. The number of benzene rings is 1. The van der Waals surface area contributed by atoms with Crippen molar-refractivity contribution in [2.24, 2.45) is 0 Å². The molecule has 0 aliphatic carbocycles. The van der Waals surface area contributed by atoms with E-state index >= 15 is 0 Å². The van der Waals surface area contributed by atoms with Crippen LogP contribution in [0.5, 0.6) is 0 Å². The van der Waals surface area contributed by atoms with Crippen molar-refractivity contribution in [2.75, 3.05) is 13.2 Å². The van der Waals surface area contributed by atoms with Crippen LogP contribution in [0.25, 0.3) is 0 Å². The van der Waals surface area contributed by atoms with E-state index in [-0.39, 0.29) is 24.7 Å². The van der Waals surface area contributed by atoms with Crippen molar-refractivity contribution in [3.63, 3.8) is 0 Å². The molecule has 1 N–H and O–H groups in total. The van der Waals surface area contributed by atoms with E-state index in [0.29, 0.717) is 5.56 Å². The largest absolute Gasteiger partial charge is 0.464 e. The molecule has 7 nitrogen and oxygen atoms in total. The van der Waals surface area contributed by atoms with Crippen molar-refractivity contribution in [1.29, 1.82) is 0 Å². The number of non-ortho nitro benzene ring substituents is 1. The van der Waals surface area contributed by atoms with Gasteiger partial charge in [0.05, 0.1) is 11.5 Å². The third kappa shape index (κ3) is 4.20. The van der Waals surface area contributed by atoms with Crippen molar-refractivity contribution < 1.29 is 19.2 Å². The van der Waals surface area contributed by atoms with Gasteiger partial charge in [0.15, 0.2) is 0 Å². The molecular formula is C11H12N2O5. The Balaban J connectivity index is 2.46. The highest BCUT2D eigenvalue weighted by molar-refractivity contribution is 5.94. The number of nitro groups is 1. The SMILES string of the molecule is CC(=O)OCCNC(=O)c1ccc([N+](=O)[O-])cc1. The zero-order valence-corrected chi connectivity index (χ0v) is 9.71. The van der Waals surface area contributed by atoms with Gasteiger partial charge in [0.25, 0.3) is 11.6 Å². The molecule has 1 rings (SSSR count). The molecule has 0 spiro atoms. The van der Waals surface area contributed by atoms with Crippen LogP contribution < -0.4 is 5.32 Å². The number of hydrogen-bond donors (Lipinski definition) is 1. The Kier molecular flexibility index (Phi) is 4.79. The van der Waals surface area contributed by atoms with Crippen molar-refractivity contribution >= 4 is 17.6 Å². The van der Waals surface area contributed by atoms with E-state index in [4.69, 9.17) is 0 Å². The number of carbonyl (C=O) groups excluding carboxylic acids is 2. The maximum Gasteiger partial charge on any atom is 0.302 e. The fourth-order valence-electron chi connectivity index (χ4n) is 1.20. The second-order valence-corrected chi connectivity index (χ2v) is 3.40. The summed E-state index contributed by atoms with van der Waals surface area (Å²) in [6.45, 7) is 1.56. The number of nitro benzene ring substituents is 1. The molecule has 1 amide bonds. The summed E-state index contributed by atoms with van der Waals surface area (Å²) in [4.78, 5) is 31.9. The summed E-state index contributed by atoms with van der Waals surface area (Å²) in [7, 11) is 0. The number of ether oxygens (including phenoxy) is 1. The maximum absolute atomic E-state index is 11.5. The van der Waals surface area contributed by atoms with Crippen molar-refractivity contribution in [3.05, 3.63) is 39.9 Å². The van der Waals surface area contributed by atoms with Gasteiger partial charge in [-0.25, -0.2) is 0 Å². The van der Waals surface area contributed by atoms with Crippen LogP contribution in [-0.2, 0) is 9.53 Å². The van der Waals surface area contributed by atoms with E-state index in [9.17, 15) is 19.7 Å². The van der Waals surface area contributed by atoms with Gasteiger partial charge in [-0.15, -0.1) is 0 Å². The van der Waals surface area contributed by atoms with Gasteiger partial charge in [0, 0.05) is 24.6 Å². The van der Waals surface area contributed by atoms with Crippen molar-refractivity contribution in [1.82, 2.24) is 5.32 Å². The third-order valence-electron chi connectivity index (χ3n) is 2.03. The lowest BCUT2D eigenvalue weighted by Gasteiger charge is -2.05. The molecule has 0 aliphatic heterocycles. The van der Waals surface area contributed by atoms with Crippen molar-refractivity contribution in [3.8, 4) is 0 Å². The molecule has 0 heterocycles. The van der Waals surface area contributed by atoms with Gasteiger partial charge >= 0.3 is 5.97 Å². The molecule has 0 fully saturated rings. The predicted octanol–water partition coefficient (Wildman–Crippen LogP) is 0.888. The minimum atomic E-state index is -0.539. The zero-order chi connectivity index (χ0) is 13.5. The standard InChI is InChI=1S/C11H12N2O5/c1-8(14)18-7-6-12-11(15)9-2-4-10(5-3-9)13(16)17/h2-5H,6-7H2,1H3,(H,12,15). The summed E-state index contributed by atoms with van der Waals surface area (Å²) in [5.41, 5.74) is 0.231. The minimum absolute atomic E-state index is 0.0773. The lowest BCUT2D eigenvalue weighted by atomic mass is 10.2. The van der Waals surface area contributed by atoms with Gasteiger partial charge in [-0.3, -0.25) is 19.7 Å². The lowest BCUT2D eigenvalue weighted by Crippen LogP contribution is -2.27. The molecule has 1 aromatic rings. The Morgan fingerprint density at radius 1 is 1.33 bits per heavy atom. The Labute approximate surface area is 103 Å². The number of esters is 1. The summed E-state index contributed by atoms with van der Waals surface area (Å²) in [5.74, 6) is -0.795. The summed E-state index contributed by atoms with van der Waals surface area (Å²) in [6.07, 6.45) is 0. The van der Waals surface area contributed by atoms with Crippen LogP contribution in [0.4, 0.5) is 5.69 Å². The second kappa shape index (κ2) is 6.33. The molecule has 0 radical (unpaired) electrons.